The number of anilines is 1. The maximum absolute atomic E-state index is 12.6. The summed E-state index contributed by atoms with van der Waals surface area (Å²) in [5.41, 5.74) is 1.51. The standard InChI is InChI=1S/C20H26N4O4S2/c1-15-5-7-17(8-6-15)30(27,28)24-18(10-13-29-2)20(26)22-12-9-19(25)23-16-4-3-11-21-14-16/h3-8,11,14,18,24H,9-10,12-13H2,1-2H3,(H,22,26)(H,23,25). The molecule has 0 aliphatic heterocycles. The first-order valence-corrected chi connectivity index (χ1v) is 12.2. The van der Waals surface area contributed by atoms with Crippen LogP contribution in [-0.2, 0) is 19.6 Å². The van der Waals surface area contributed by atoms with E-state index in [0.717, 1.165) is 5.56 Å². The molecule has 0 bridgehead atoms. The van der Waals surface area contributed by atoms with E-state index in [-0.39, 0.29) is 23.8 Å². The summed E-state index contributed by atoms with van der Waals surface area (Å²) in [5, 5.41) is 5.32. The van der Waals surface area contributed by atoms with E-state index in [1.165, 1.54) is 30.1 Å². The Labute approximate surface area is 181 Å². The topological polar surface area (TPSA) is 117 Å². The van der Waals surface area contributed by atoms with Crippen LogP contribution in [0.1, 0.15) is 18.4 Å². The first kappa shape index (κ1) is 23.8. The van der Waals surface area contributed by atoms with Crippen LogP contribution in [0.15, 0.2) is 53.7 Å². The van der Waals surface area contributed by atoms with Crippen LogP contribution in [-0.4, -0.2) is 49.8 Å². The lowest BCUT2D eigenvalue weighted by molar-refractivity contribution is -0.122. The molecule has 2 rings (SSSR count). The molecule has 1 aromatic carbocycles. The smallest absolute Gasteiger partial charge is 0.241 e. The minimum absolute atomic E-state index is 0.0561. The van der Waals surface area contributed by atoms with Crippen molar-refractivity contribution < 1.29 is 18.0 Å². The highest BCUT2D eigenvalue weighted by molar-refractivity contribution is 7.98. The number of pyridine rings is 1. The molecule has 10 heteroatoms. The summed E-state index contributed by atoms with van der Waals surface area (Å²) >= 11 is 1.52. The van der Waals surface area contributed by atoms with Crippen molar-refractivity contribution in [1.29, 1.82) is 0 Å². The minimum Gasteiger partial charge on any atom is -0.354 e. The summed E-state index contributed by atoms with van der Waals surface area (Å²) in [6.45, 7) is 1.95. The lowest BCUT2D eigenvalue weighted by atomic mass is 10.2. The number of aryl methyl sites for hydroxylation is 1. The van der Waals surface area contributed by atoms with Crippen LogP contribution in [0.2, 0.25) is 0 Å². The van der Waals surface area contributed by atoms with Gasteiger partial charge in [0.1, 0.15) is 6.04 Å². The third-order valence-electron chi connectivity index (χ3n) is 4.15. The number of carbonyl (C=O) groups excluding carboxylic acids is 2. The molecule has 0 aliphatic carbocycles. The van der Waals surface area contributed by atoms with Gasteiger partial charge in [0.05, 0.1) is 16.8 Å². The molecule has 2 amide bonds. The molecule has 8 nitrogen and oxygen atoms in total. The van der Waals surface area contributed by atoms with E-state index < -0.39 is 22.0 Å². The summed E-state index contributed by atoms with van der Waals surface area (Å²) in [4.78, 5) is 28.5. The Morgan fingerprint density at radius 2 is 1.90 bits per heavy atom. The maximum Gasteiger partial charge on any atom is 0.241 e. The van der Waals surface area contributed by atoms with E-state index in [2.05, 4.69) is 20.3 Å². The third kappa shape index (κ3) is 7.77. The van der Waals surface area contributed by atoms with Crippen molar-refractivity contribution in [2.24, 2.45) is 0 Å². The van der Waals surface area contributed by atoms with Crippen molar-refractivity contribution in [2.45, 2.75) is 30.7 Å². The molecule has 0 saturated heterocycles. The molecule has 1 aromatic heterocycles. The average molecular weight is 451 g/mol. The molecule has 3 N–H and O–H groups in total. The molecule has 30 heavy (non-hydrogen) atoms. The Morgan fingerprint density at radius 3 is 2.53 bits per heavy atom. The molecule has 0 spiro atoms. The van der Waals surface area contributed by atoms with E-state index in [4.69, 9.17) is 0 Å². The van der Waals surface area contributed by atoms with Gasteiger partial charge in [-0.1, -0.05) is 17.7 Å². The molecule has 1 atom stereocenters. The number of hydrogen-bond acceptors (Lipinski definition) is 6. The van der Waals surface area contributed by atoms with Crippen molar-refractivity contribution in [2.75, 3.05) is 23.9 Å². The van der Waals surface area contributed by atoms with Gasteiger partial charge >= 0.3 is 0 Å². The van der Waals surface area contributed by atoms with Crippen LogP contribution in [0.3, 0.4) is 0 Å². The molecule has 1 unspecified atom stereocenters. The molecule has 2 aromatic rings. The van der Waals surface area contributed by atoms with E-state index in [9.17, 15) is 18.0 Å². The maximum atomic E-state index is 12.6. The van der Waals surface area contributed by atoms with E-state index in [0.29, 0.717) is 17.9 Å². The predicted molar refractivity (Wildman–Crippen MR) is 119 cm³/mol. The average Bonchev–Trinajstić information content (AvgIpc) is 2.72. The summed E-state index contributed by atoms with van der Waals surface area (Å²) in [7, 11) is -3.84. The molecule has 0 aliphatic rings. The van der Waals surface area contributed by atoms with E-state index in [1.54, 1.807) is 30.5 Å². The van der Waals surface area contributed by atoms with Gasteiger partial charge in [0, 0.05) is 19.2 Å². The van der Waals surface area contributed by atoms with Gasteiger partial charge in [-0.15, -0.1) is 0 Å². The number of amides is 2. The van der Waals surface area contributed by atoms with Crippen molar-refractivity contribution in [3.8, 4) is 0 Å². The highest BCUT2D eigenvalue weighted by atomic mass is 32.2. The Balaban J connectivity index is 1.92. The molecule has 0 radical (unpaired) electrons. The number of thioether (sulfide) groups is 1. The second-order valence-electron chi connectivity index (χ2n) is 6.60. The van der Waals surface area contributed by atoms with Crippen molar-refractivity contribution >= 4 is 39.3 Å². The van der Waals surface area contributed by atoms with Crippen LogP contribution >= 0.6 is 11.8 Å². The van der Waals surface area contributed by atoms with Gasteiger partial charge < -0.3 is 10.6 Å². The number of rotatable bonds is 11. The predicted octanol–water partition coefficient (Wildman–Crippen LogP) is 1.94. The SMILES string of the molecule is CSCCC(NS(=O)(=O)c1ccc(C)cc1)C(=O)NCCC(=O)Nc1cccnc1. The van der Waals surface area contributed by atoms with Gasteiger partial charge in [-0.05, 0) is 49.6 Å². The first-order chi connectivity index (χ1) is 14.3. The second kappa shape index (κ2) is 11.7. The van der Waals surface area contributed by atoms with Crippen LogP contribution in [0, 0.1) is 6.92 Å². The van der Waals surface area contributed by atoms with Gasteiger partial charge in [0.2, 0.25) is 21.8 Å². The fourth-order valence-corrected chi connectivity index (χ4v) is 4.24. The van der Waals surface area contributed by atoms with E-state index in [1.807, 2.05) is 13.2 Å². The highest BCUT2D eigenvalue weighted by Crippen LogP contribution is 2.12. The van der Waals surface area contributed by atoms with Crippen LogP contribution in [0.25, 0.3) is 0 Å². The van der Waals surface area contributed by atoms with Crippen molar-refractivity contribution in [3.05, 3.63) is 54.4 Å². The first-order valence-electron chi connectivity index (χ1n) is 9.37. The molecule has 0 saturated carbocycles. The number of nitrogens with zero attached hydrogens (tertiary/aromatic N) is 1. The number of hydrogen-bond donors (Lipinski definition) is 3. The van der Waals surface area contributed by atoms with Crippen molar-refractivity contribution in [1.82, 2.24) is 15.0 Å². The monoisotopic (exact) mass is 450 g/mol. The lowest BCUT2D eigenvalue weighted by Gasteiger charge is -2.18. The van der Waals surface area contributed by atoms with Gasteiger partial charge in [-0.2, -0.15) is 16.5 Å². The molecule has 162 valence electrons. The Hall–Kier alpha value is -2.43. The molecular weight excluding hydrogens is 424 g/mol. The Morgan fingerprint density at radius 1 is 1.17 bits per heavy atom. The highest BCUT2D eigenvalue weighted by Gasteiger charge is 2.25. The summed E-state index contributed by atoms with van der Waals surface area (Å²) in [6.07, 6.45) is 5.39. The van der Waals surface area contributed by atoms with Gasteiger partial charge in [-0.3, -0.25) is 14.6 Å². The number of sulfonamides is 1. The van der Waals surface area contributed by atoms with E-state index >= 15 is 0 Å². The van der Waals surface area contributed by atoms with Crippen LogP contribution < -0.4 is 15.4 Å². The quantitative estimate of drug-likeness (QED) is 0.482. The Bertz CT molecular complexity index is 935. The molecule has 1 heterocycles. The zero-order chi connectivity index (χ0) is 22.0. The van der Waals surface area contributed by atoms with Gasteiger partial charge in [0.15, 0.2) is 0 Å². The number of benzene rings is 1. The fourth-order valence-electron chi connectivity index (χ4n) is 2.53. The lowest BCUT2D eigenvalue weighted by Crippen LogP contribution is -2.47. The minimum atomic E-state index is -3.84. The number of aromatic nitrogens is 1. The number of nitrogens with one attached hydrogen (secondary N) is 3. The third-order valence-corrected chi connectivity index (χ3v) is 6.28. The summed E-state index contributed by atoms with van der Waals surface area (Å²) in [5.74, 6) is -0.131. The largest absolute Gasteiger partial charge is 0.354 e. The second-order valence-corrected chi connectivity index (χ2v) is 9.30. The summed E-state index contributed by atoms with van der Waals surface area (Å²) < 4.78 is 27.8. The zero-order valence-electron chi connectivity index (χ0n) is 16.9. The van der Waals surface area contributed by atoms with Gasteiger partial charge in [-0.25, -0.2) is 8.42 Å². The van der Waals surface area contributed by atoms with Crippen molar-refractivity contribution in [3.63, 3.8) is 0 Å². The summed E-state index contributed by atoms with van der Waals surface area (Å²) in [6, 6.07) is 8.90. The zero-order valence-corrected chi connectivity index (χ0v) is 18.6. The van der Waals surface area contributed by atoms with Crippen LogP contribution in [0.4, 0.5) is 5.69 Å². The van der Waals surface area contributed by atoms with Gasteiger partial charge in [0.25, 0.3) is 0 Å². The molecule has 0 fully saturated rings. The molecular formula is C20H26N4O4S2. The fraction of sp³-hybridized carbons (Fsp3) is 0.350. The number of carbonyl (C=O) groups is 2. The van der Waals surface area contributed by atoms with Crippen LogP contribution in [0.5, 0.6) is 0 Å². The normalized spacial score (nSPS) is 12.2. The Kier molecular flexibility index (Phi) is 9.28.